The number of aryl methyl sites for hydroxylation is 1. The van der Waals surface area contributed by atoms with E-state index < -0.39 is 0 Å². The number of H-pyrrole nitrogens is 1. The maximum Gasteiger partial charge on any atom is 0.260 e. The molecule has 106 valence electrons. The first-order valence-electron chi connectivity index (χ1n) is 6.05. The molecule has 1 heterocycles. The lowest BCUT2D eigenvalue weighted by Gasteiger charge is -2.15. The Kier molecular flexibility index (Phi) is 4.29. The zero-order valence-electron chi connectivity index (χ0n) is 11.3. The number of nitrogens with zero attached hydrogens (tertiary/aromatic N) is 3. The molecule has 0 spiro atoms. The number of amides is 1. The van der Waals surface area contributed by atoms with Crippen molar-refractivity contribution in [2.45, 2.75) is 13.5 Å². The molecule has 6 nitrogen and oxygen atoms in total. The SMILES string of the molecule is Cc1nc(CN(C)C(=O)COc2ccc(F)cc2)n[nH]1. The van der Waals surface area contributed by atoms with E-state index in [0.29, 0.717) is 23.9 Å². The molecule has 2 aromatic rings. The Hall–Kier alpha value is -2.44. The van der Waals surface area contributed by atoms with Crippen molar-refractivity contribution in [1.29, 1.82) is 0 Å². The van der Waals surface area contributed by atoms with Gasteiger partial charge in [0, 0.05) is 7.05 Å². The van der Waals surface area contributed by atoms with Gasteiger partial charge in [0.2, 0.25) is 0 Å². The van der Waals surface area contributed by atoms with Gasteiger partial charge in [0.15, 0.2) is 12.4 Å². The minimum atomic E-state index is -0.347. The smallest absolute Gasteiger partial charge is 0.260 e. The fourth-order valence-electron chi connectivity index (χ4n) is 1.55. The molecule has 2 rings (SSSR count). The van der Waals surface area contributed by atoms with E-state index in [-0.39, 0.29) is 18.3 Å². The first-order valence-corrected chi connectivity index (χ1v) is 6.05. The van der Waals surface area contributed by atoms with Crippen LogP contribution >= 0.6 is 0 Å². The van der Waals surface area contributed by atoms with Crippen molar-refractivity contribution < 1.29 is 13.9 Å². The highest BCUT2D eigenvalue weighted by Gasteiger charge is 2.12. The molecule has 0 aliphatic carbocycles. The van der Waals surface area contributed by atoms with Crippen LogP contribution in [0.4, 0.5) is 4.39 Å². The molecule has 0 saturated carbocycles. The van der Waals surface area contributed by atoms with Crippen LogP contribution in [-0.2, 0) is 11.3 Å². The Balaban J connectivity index is 1.83. The van der Waals surface area contributed by atoms with Gasteiger partial charge in [-0.2, -0.15) is 5.10 Å². The molecule has 0 atom stereocenters. The maximum atomic E-state index is 12.7. The molecule has 0 bridgehead atoms. The van der Waals surface area contributed by atoms with Crippen LogP contribution in [0.5, 0.6) is 5.75 Å². The number of nitrogens with one attached hydrogen (secondary N) is 1. The standard InChI is InChI=1S/C13H15FN4O2/c1-9-15-12(17-16-9)7-18(2)13(19)8-20-11-5-3-10(14)4-6-11/h3-6H,7-8H2,1-2H3,(H,15,16,17). The fourth-order valence-corrected chi connectivity index (χ4v) is 1.55. The number of aromatic amines is 1. The summed E-state index contributed by atoms with van der Waals surface area (Å²) in [6.45, 7) is 1.97. The number of aromatic nitrogens is 3. The summed E-state index contributed by atoms with van der Waals surface area (Å²) in [7, 11) is 1.64. The number of ether oxygens (including phenoxy) is 1. The first-order chi connectivity index (χ1) is 9.54. The normalized spacial score (nSPS) is 10.3. The lowest BCUT2D eigenvalue weighted by atomic mass is 10.3. The van der Waals surface area contributed by atoms with E-state index in [1.165, 1.54) is 29.2 Å². The second-order valence-corrected chi connectivity index (χ2v) is 4.33. The molecule has 0 radical (unpaired) electrons. The Morgan fingerprint density at radius 2 is 2.10 bits per heavy atom. The third-order valence-electron chi connectivity index (χ3n) is 2.62. The largest absolute Gasteiger partial charge is 0.484 e. The van der Waals surface area contributed by atoms with Gasteiger partial charge in [-0.1, -0.05) is 0 Å². The summed E-state index contributed by atoms with van der Waals surface area (Å²) in [5.41, 5.74) is 0. The Morgan fingerprint density at radius 3 is 2.70 bits per heavy atom. The van der Waals surface area contributed by atoms with Gasteiger partial charge in [-0.15, -0.1) is 0 Å². The monoisotopic (exact) mass is 278 g/mol. The molecular formula is C13H15FN4O2. The van der Waals surface area contributed by atoms with Crippen molar-refractivity contribution in [2.75, 3.05) is 13.7 Å². The molecule has 0 unspecified atom stereocenters. The zero-order chi connectivity index (χ0) is 14.5. The average molecular weight is 278 g/mol. The summed E-state index contributed by atoms with van der Waals surface area (Å²) in [6.07, 6.45) is 0. The van der Waals surface area contributed by atoms with Crippen molar-refractivity contribution in [3.63, 3.8) is 0 Å². The summed E-state index contributed by atoms with van der Waals surface area (Å²) >= 11 is 0. The van der Waals surface area contributed by atoms with Gasteiger partial charge in [-0.05, 0) is 31.2 Å². The molecule has 0 saturated heterocycles. The van der Waals surface area contributed by atoms with Crippen LogP contribution in [0.25, 0.3) is 0 Å². The molecule has 7 heteroatoms. The lowest BCUT2D eigenvalue weighted by Crippen LogP contribution is -2.31. The fraction of sp³-hybridized carbons (Fsp3) is 0.308. The molecule has 0 aliphatic heterocycles. The average Bonchev–Trinajstić information content (AvgIpc) is 2.83. The van der Waals surface area contributed by atoms with Crippen molar-refractivity contribution in [3.05, 3.63) is 41.7 Å². The van der Waals surface area contributed by atoms with E-state index in [0.717, 1.165) is 0 Å². The number of carbonyl (C=O) groups is 1. The highest BCUT2D eigenvalue weighted by Crippen LogP contribution is 2.11. The number of hydrogen-bond donors (Lipinski definition) is 1. The summed E-state index contributed by atoms with van der Waals surface area (Å²) in [4.78, 5) is 17.4. The Morgan fingerprint density at radius 1 is 1.40 bits per heavy atom. The van der Waals surface area contributed by atoms with Crippen molar-refractivity contribution in [3.8, 4) is 5.75 Å². The predicted octanol–water partition coefficient (Wildman–Crippen LogP) is 1.29. The summed E-state index contributed by atoms with van der Waals surface area (Å²) in [5, 5.41) is 6.66. The number of rotatable bonds is 5. The van der Waals surface area contributed by atoms with E-state index in [9.17, 15) is 9.18 Å². The Bertz CT molecular complexity index is 582. The molecule has 0 aliphatic rings. The minimum Gasteiger partial charge on any atom is -0.484 e. The highest BCUT2D eigenvalue weighted by molar-refractivity contribution is 5.77. The molecular weight excluding hydrogens is 263 g/mol. The number of carbonyl (C=O) groups excluding carboxylic acids is 1. The zero-order valence-corrected chi connectivity index (χ0v) is 11.3. The number of benzene rings is 1. The molecule has 1 amide bonds. The molecule has 1 aromatic carbocycles. The van der Waals surface area contributed by atoms with E-state index >= 15 is 0 Å². The second-order valence-electron chi connectivity index (χ2n) is 4.33. The molecule has 0 fully saturated rings. The van der Waals surface area contributed by atoms with Crippen LogP contribution in [0, 0.1) is 12.7 Å². The van der Waals surface area contributed by atoms with Gasteiger partial charge in [0.05, 0.1) is 6.54 Å². The molecule has 1 N–H and O–H groups in total. The van der Waals surface area contributed by atoms with Crippen LogP contribution in [0.3, 0.4) is 0 Å². The third kappa shape index (κ3) is 3.78. The van der Waals surface area contributed by atoms with Crippen LogP contribution in [0.15, 0.2) is 24.3 Å². The van der Waals surface area contributed by atoms with Crippen LogP contribution < -0.4 is 4.74 Å². The lowest BCUT2D eigenvalue weighted by molar-refractivity contribution is -0.132. The van der Waals surface area contributed by atoms with Crippen molar-refractivity contribution in [1.82, 2.24) is 20.1 Å². The van der Waals surface area contributed by atoms with E-state index in [1.807, 2.05) is 0 Å². The van der Waals surface area contributed by atoms with E-state index in [2.05, 4.69) is 15.2 Å². The van der Waals surface area contributed by atoms with Crippen LogP contribution in [0.1, 0.15) is 11.6 Å². The maximum absolute atomic E-state index is 12.7. The predicted molar refractivity (Wildman–Crippen MR) is 69.5 cm³/mol. The number of halogens is 1. The van der Waals surface area contributed by atoms with Gasteiger partial charge < -0.3 is 9.64 Å². The quantitative estimate of drug-likeness (QED) is 0.894. The van der Waals surface area contributed by atoms with Gasteiger partial charge in [0.1, 0.15) is 17.4 Å². The minimum absolute atomic E-state index is 0.120. The van der Waals surface area contributed by atoms with Crippen molar-refractivity contribution >= 4 is 5.91 Å². The van der Waals surface area contributed by atoms with Crippen LogP contribution in [0.2, 0.25) is 0 Å². The topological polar surface area (TPSA) is 71.1 Å². The van der Waals surface area contributed by atoms with Gasteiger partial charge in [-0.3, -0.25) is 9.89 Å². The number of likely N-dealkylation sites (N-methyl/N-ethyl adjacent to an activating group) is 1. The highest BCUT2D eigenvalue weighted by atomic mass is 19.1. The van der Waals surface area contributed by atoms with E-state index in [4.69, 9.17) is 4.74 Å². The van der Waals surface area contributed by atoms with Gasteiger partial charge >= 0.3 is 0 Å². The van der Waals surface area contributed by atoms with E-state index in [1.54, 1.807) is 14.0 Å². The third-order valence-corrected chi connectivity index (χ3v) is 2.62. The van der Waals surface area contributed by atoms with Crippen LogP contribution in [-0.4, -0.2) is 39.6 Å². The summed E-state index contributed by atoms with van der Waals surface area (Å²) in [5.74, 6) is 1.13. The van der Waals surface area contributed by atoms with Gasteiger partial charge in [0.25, 0.3) is 5.91 Å². The number of hydrogen-bond acceptors (Lipinski definition) is 4. The second kappa shape index (κ2) is 6.14. The summed E-state index contributed by atoms with van der Waals surface area (Å²) < 4.78 is 18.0. The summed E-state index contributed by atoms with van der Waals surface area (Å²) in [6, 6.07) is 5.50. The van der Waals surface area contributed by atoms with Gasteiger partial charge in [-0.25, -0.2) is 9.37 Å². The van der Waals surface area contributed by atoms with Crippen molar-refractivity contribution in [2.24, 2.45) is 0 Å². The first kappa shape index (κ1) is 14.0. The molecule has 20 heavy (non-hydrogen) atoms. The molecule has 1 aromatic heterocycles. The Labute approximate surface area is 115 Å².